The molecule has 4 heterocycles. The van der Waals surface area contributed by atoms with Crippen LogP contribution >= 0.6 is 0 Å². The molecule has 46 heavy (non-hydrogen) atoms. The Hall–Kier alpha value is -3.27. The molecular formula is C38H55N7O+2. The third kappa shape index (κ3) is 8.55. The lowest BCUT2D eigenvalue weighted by Gasteiger charge is -2.28. The summed E-state index contributed by atoms with van der Waals surface area (Å²) in [4.78, 5) is 7.57. The molecule has 6 rings (SSSR count). The van der Waals surface area contributed by atoms with Gasteiger partial charge in [-0.15, -0.1) is 0 Å². The van der Waals surface area contributed by atoms with Gasteiger partial charge in [-0.2, -0.15) is 4.57 Å². The Morgan fingerprint density at radius 1 is 0.826 bits per heavy atom. The van der Waals surface area contributed by atoms with Gasteiger partial charge in [-0.05, 0) is 49.7 Å². The first-order chi connectivity index (χ1) is 22.4. The molecule has 8 nitrogen and oxygen atoms in total. The number of rotatable bonds is 10. The maximum absolute atomic E-state index is 6.54. The van der Waals surface area contributed by atoms with E-state index in [2.05, 4.69) is 124 Å². The van der Waals surface area contributed by atoms with Gasteiger partial charge in [0, 0.05) is 76.4 Å². The van der Waals surface area contributed by atoms with Crippen molar-refractivity contribution in [3.63, 3.8) is 0 Å². The minimum absolute atomic E-state index is 0.861. The highest BCUT2D eigenvalue weighted by Gasteiger charge is 2.32. The Labute approximate surface area is 276 Å². The monoisotopic (exact) mass is 625 g/mol. The van der Waals surface area contributed by atoms with Gasteiger partial charge in [0.15, 0.2) is 11.9 Å². The van der Waals surface area contributed by atoms with Gasteiger partial charge in [-0.25, -0.2) is 0 Å². The van der Waals surface area contributed by atoms with Crippen LogP contribution in [0.25, 0.3) is 17.0 Å². The summed E-state index contributed by atoms with van der Waals surface area (Å²) in [6, 6.07) is 19.6. The molecule has 2 N–H and O–H groups in total. The second-order valence-corrected chi connectivity index (χ2v) is 14.1. The lowest BCUT2D eigenvalue weighted by Crippen LogP contribution is -2.42. The van der Waals surface area contributed by atoms with Gasteiger partial charge in [0.25, 0.3) is 0 Å². The molecular weight excluding hydrogens is 570 g/mol. The second-order valence-electron chi connectivity index (χ2n) is 14.1. The van der Waals surface area contributed by atoms with E-state index < -0.39 is 0 Å². The van der Waals surface area contributed by atoms with E-state index in [9.17, 15) is 0 Å². The Morgan fingerprint density at radius 2 is 1.59 bits per heavy atom. The van der Waals surface area contributed by atoms with Gasteiger partial charge in [-0.3, -0.25) is 9.80 Å². The number of aromatic nitrogens is 1. The number of benzene rings is 2. The zero-order chi connectivity index (χ0) is 31.8. The predicted molar refractivity (Wildman–Crippen MR) is 190 cm³/mol. The van der Waals surface area contributed by atoms with Crippen LogP contribution in [0.4, 0.5) is 5.69 Å². The highest BCUT2D eigenvalue weighted by Crippen LogP contribution is 2.41. The molecule has 0 unspecified atom stereocenters. The van der Waals surface area contributed by atoms with Crippen LogP contribution in [-0.4, -0.2) is 108 Å². The Morgan fingerprint density at radius 3 is 2.41 bits per heavy atom. The number of para-hydroxylation sites is 3. The van der Waals surface area contributed by atoms with Crippen LogP contribution in [0.2, 0.25) is 0 Å². The van der Waals surface area contributed by atoms with Gasteiger partial charge in [0.2, 0.25) is 11.4 Å². The fraction of sp³-hybridized carbons (Fsp3) is 0.500. The molecule has 1 fully saturated rings. The SMILES string of the molecule is C[N+](C)(C)CCCN1CCC(C=Cc2cc[n+](CCCN3CCNCCCNCC3)c3ccccc23)=C2Oc3ccccc3N2C1. The fourth-order valence-electron chi connectivity index (χ4n) is 6.88. The minimum Gasteiger partial charge on any atom is -0.438 e. The van der Waals surface area contributed by atoms with E-state index in [4.69, 9.17) is 4.74 Å². The van der Waals surface area contributed by atoms with E-state index in [-0.39, 0.29) is 0 Å². The van der Waals surface area contributed by atoms with Crippen LogP contribution in [0.5, 0.6) is 5.75 Å². The third-order valence-corrected chi connectivity index (χ3v) is 9.44. The lowest BCUT2D eigenvalue weighted by atomic mass is 10.1. The summed E-state index contributed by atoms with van der Waals surface area (Å²) in [5.41, 5.74) is 4.97. The zero-order valence-corrected chi connectivity index (χ0v) is 28.4. The van der Waals surface area contributed by atoms with Crippen LogP contribution in [0.15, 0.2) is 78.3 Å². The van der Waals surface area contributed by atoms with E-state index in [1.807, 2.05) is 0 Å². The first-order valence-corrected chi connectivity index (χ1v) is 17.5. The van der Waals surface area contributed by atoms with Gasteiger partial charge < -0.3 is 24.8 Å². The molecule has 246 valence electrons. The predicted octanol–water partition coefficient (Wildman–Crippen LogP) is 4.29. The topological polar surface area (TPSA) is 46.9 Å². The van der Waals surface area contributed by atoms with Crippen molar-refractivity contribution in [2.24, 2.45) is 0 Å². The van der Waals surface area contributed by atoms with Crippen LogP contribution < -0.4 is 24.8 Å². The molecule has 1 aromatic heterocycles. The van der Waals surface area contributed by atoms with E-state index in [0.717, 1.165) is 101 Å². The highest BCUT2D eigenvalue weighted by atomic mass is 16.5. The molecule has 3 aliphatic rings. The standard InChI is InChI=1S/C38H55N7O/c1-45(2,3)30-10-24-42-26-17-33(38-44(31-42)36-13-6-7-14-37(36)46-38)16-15-32-18-27-43(35-12-5-4-11-34(32)35)25-9-23-41-28-21-39-19-8-20-40-22-29-41/h4-7,11-16,18,27,39-40H,8-10,17,19-26,28-31H2,1-3H3/q+2. The molecule has 0 atom stereocenters. The number of ether oxygens (including phenoxy) is 1. The molecule has 3 aliphatic heterocycles. The van der Waals surface area contributed by atoms with Crippen molar-refractivity contribution >= 4 is 22.7 Å². The summed E-state index contributed by atoms with van der Waals surface area (Å²) in [6.07, 6.45) is 11.4. The van der Waals surface area contributed by atoms with E-state index >= 15 is 0 Å². The fourth-order valence-corrected chi connectivity index (χ4v) is 6.88. The smallest absolute Gasteiger partial charge is 0.213 e. The first-order valence-electron chi connectivity index (χ1n) is 17.5. The minimum atomic E-state index is 0.861. The summed E-state index contributed by atoms with van der Waals surface area (Å²) in [7, 11) is 6.83. The van der Waals surface area contributed by atoms with Gasteiger partial charge in [0.1, 0.15) is 6.54 Å². The zero-order valence-electron chi connectivity index (χ0n) is 28.4. The van der Waals surface area contributed by atoms with Crippen LogP contribution in [0, 0.1) is 0 Å². The molecule has 0 spiro atoms. The quantitative estimate of drug-likeness (QED) is 0.259. The molecule has 8 heteroatoms. The Balaban J connectivity index is 1.17. The molecule has 0 bridgehead atoms. The maximum Gasteiger partial charge on any atom is 0.213 e. The first kappa shape index (κ1) is 32.7. The van der Waals surface area contributed by atoms with Crippen molar-refractivity contribution in [3.05, 3.63) is 83.9 Å². The van der Waals surface area contributed by atoms with Gasteiger partial charge in [0.05, 0.1) is 45.4 Å². The molecule has 1 saturated heterocycles. The van der Waals surface area contributed by atoms with Crippen molar-refractivity contribution in [3.8, 4) is 5.75 Å². The summed E-state index contributed by atoms with van der Waals surface area (Å²) >= 11 is 0. The lowest BCUT2D eigenvalue weighted by molar-refractivity contribution is -0.870. The number of fused-ring (bicyclic) bond motifs is 4. The number of allylic oxidation sites excluding steroid dienone is 1. The summed E-state index contributed by atoms with van der Waals surface area (Å²) < 4.78 is 9.97. The average molecular weight is 626 g/mol. The number of anilines is 1. The average Bonchev–Trinajstić information content (AvgIpc) is 3.32. The molecule has 3 aromatic rings. The van der Waals surface area contributed by atoms with Crippen molar-refractivity contribution in [2.45, 2.75) is 32.2 Å². The second kappa shape index (κ2) is 15.5. The molecule has 2 aromatic carbocycles. The molecule has 0 aliphatic carbocycles. The molecule has 0 radical (unpaired) electrons. The highest BCUT2D eigenvalue weighted by molar-refractivity contribution is 5.86. The largest absolute Gasteiger partial charge is 0.438 e. The number of hydrogen-bond acceptors (Lipinski definition) is 6. The van der Waals surface area contributed by atoms with Crippen LogP contribution in [0.1, 0.15) is 31.2 Å². The van der Waals surface area contributed by atoms with Crippen molar-refractivity contribution in [2.75, 3.05) is 98.2 Å². The molecule has 0 saturated carbocycles. The van der Waals surface area contributed by atoms with Crippen LogP contribution in [-0.2, 0) is 6.54 Å². The van der Waals surface area contributed by atoms with Crippen LogP contribution in [0.3, 0.4) is 0 Å². The Kier molecular flexibility index (Phi) is 11.0. The normalized spacial score (nSPS) is 18.9. The van der Waals surface area contributed by atoms with Gasteiger partial charge in [-0.1, -0.05) is 36.4 Å². The summed E-state index contributed by atoms with van der Waals surface area (Å²) in [6.45, 7) is 12.9. The number of hydrogen-bond donors (Lipinski definition) is 2. The summed E-state index contributed by atoms with van der Waals surface area (Å²) in [5.74, 6) is 1.94. The van der Waals surface area contributed by atoms with Crippen molar-refractivity contribution in [1.82, 2.24) is 20.4 Å². The van der Waals surface area contributed by atoms with E-state index in [0.29, 0.717) is 0 Å². The van der Waals surface area contributed by atoms with Crippen molar-refractivity contribution < 1.29 is 13.8 Å². The van der Waals surface area contributed by atoms with E-state index in [1.54, 1.807) is 0 Å². The van der Waals surface area contributed by atoms with Gasteiger partial charge >= 0.3 is 0 Å². The number of aryl methyl sites for hydroxylation is 1. The number of quaternary nitrogens is 1. The molecule has 0 amide bonds. The number of nitrogens with zero attached hydrogens (tertiary/aromatic N) is 5. The van der Waals surface area contributed by atoms with Crippen molar-refractivity contribution in [1.29, 1.82) is 0 Å². The summed E-state index contributed by atoms with van der Waals surface area (Å²) in [5, 5.41) is 8.46. The number of nitrogens with one attached hydrogen (secondary N) is 2. The number of pyridine rings is 1. The van der Waals surface area contributed by atoms with E-state index in [1.165, 1.54) is 47.1 Å². The Bertz CT molecular complexity index is 1500. The maximum atomic E-state index is 6.54. The third-order valence-electron chi connectivity index (χ3n) is 9.44.